The van der Waals surface area contributed by atoms with Gasteiger partial charge in [0, 0.05) is 0 Å². The first-order valence-electron chi connectivity index (χ1n) is 8.26. The third kappa shape index (κ3) is 6.43. The van der Waals surface area contributed by atoms with E-state index < -0.39 is 11.9 Å². The standard InChI is InChI=1S/C19H28O4/c1-13(2)9-11-22-18(20)16-8-6-7-15(5)17(16)19(21)23-12-10-14(3)4/h6-8,13-14H,9-12H2,1-5H3. The van der Waals surface area contributed by atoms with Crippen LogP contribution in [0.3, 0.4) is 0 Å². The van der Waals surface area contributed by atoms with Crippen molar-refractivity contribution < 1.29 is 19.1 Å². The van der Waals surface area contributed by atoms with Crippen LogP contribution >= 0.6 is 0 Å². The van der Waals surface area contributed by atoms with E-state index in [4.69, 9.17) is 9.47 Å². The van der Waals surface area contributed by atoms with Crippen molar-refractivity contribution in [3.63, 3.8) is 0 Å². The lowest BCUT2D eigenvalue weighted by atomic mass is 10.0. The Labute approximate surface area is 139 Å². The molecule has 0 aliphatic heterocycles. The Kier molecular flexibility index (Phi) is 7.79. The van der Waals surface area contributed by atoms with Crippen molar-refractivity contribution in [3.8, 4) is 0 Å². The molecule has 128 valence electrons. The van der Waals surface area contributed by atoms with Crippen LogP contribution in [0, 0.1) is 18.8 Å². The third-order valence-corrected chi connectivity index (χ3v) is 3.55. The van der Waals surface area contributed by atoms with E-state index in [9.17, 15) is 9.59 Å². The van der Waals surface area contributed by atoms with Crippen molar-refractivity contribution >= 4 is 11.9 Å². The highest BCUT2D eigenvalue weighted by atomic mass is 16.5. The van der Waals surface area contributed by atoms with Crippen LogP contribution in [0.2, 0.25) is 0 Å². The summed E-state index contributed by atoms with van der Waals surface area (Å²) in [4.78, 5) is 24.6. The van der Waals surface area contributed by atoms with E-state index in [1.54, 1.807) is 25.1 Å². The van der Waals surface area contributed by atoms with E-state index in [-0.39, 0.29) is 5.56 Å². The van der Waals surface area contributed by atoms with Crippen molar-refractivity contribution in [3.05, 3.63) is 34.9 Å². The summed E-state index contributed by atoms with van der Waals surface area (Å²) in [6, 6.07) is 5.16. The molecule has 0 aliphatic carbocycles. The van der Waals surface area contributed by atoms with E-state index in [1.165, 1.54) is 0 Å². The van der Waals surface area contributed by atoms with Crippen LogP contribution in [-0.2, 0) is 9.47 Å². The van der Waals surface area contributed by atoms with Crippen molar-refractivity contribution in [1.82, 2.24) is 0 Å². The van der Waals surface area contributed by atoms with E-state index in [2.05, 4.69) is 27.7 Å². The highest BCUT2D eigenvalue weighted by Gasteiger charge is 2.21. The molecule has 0 saturated heterocycles. The van der Waals surface area contributed by atoms with Gasteiger partial charge in [-0.15, -0.1) is 0 Å². The predicted octanol–water partition coefficient (Wildman–Crippen LogP) is 4.40. The molecule has 0 radical (unpaired) electrons. The van der Waals surface area contributed by atoms with Gasteiger partial charge in [0.1, 0.15) is 0 Å². The molecule has 0 aromatic heterocycles. The fourth-order valence-corrected chi connectivity index (χ4v) is 2.03. The van der Waals surface area contributed by atoms with Crippen LogP contribution in [0.1, 0.15) is 66.8 Å². The maximum absolute atomic E-state index is 12.3. The normalized spacial score (nSPS) is 10.9. The molecular formula is C19H28O4. The summed E-state index contributed by atoms with van der Waals surface area (Å²) in [5.41, 5.74) is 1.31. The molecule has 0 amide bonds. The molecule has 0 spiro atoms. The van der Waals surface area contributed by atoms with Gasteiger partial charge in [-0.1, -0.05) is 39.8 Å². The van der Waals surface area contributed by atoms with Crippen LogP contribution in [0.15, 0.2) is 18.2 Å². The molecule has 23 heavy (non-hydrogen) atoms. The largest absolute Gasteiger partial charge is 0.462 e. The number of ether oxygens (including phenoxy) is 2. The minimum Gasteiger partial charge on any atom is -0.462 e. The average Bonchev–Trinajstić information content (AvgIpc) is 2.45. The van der Waals surface area contributed by atoms with Gasteiger partial charge >= 0.3 is 11.9 Å². The van der Waals surface area contributed by atoms with Crippen LogP contribution in [0.4, 0.5) is 0 Å². The smallest absolute Gasteiger partial charge is 0.339 e. The van der Waals surface area contributed by atoms with Gasteiger partial charge < -0.3 is 9.47 Å². The Morgan fingerprint density at radius 1 is 0.913 bits per heavy atom. The summed E-state index contributed by atoms with van der Waals surface area (Å²) in [5, 5.41) is 0. The van der Waals surface area contributed by atoms with Gasteiger partial charge in [0.05, 0.1) is 24.3 Å². The summed E-state index contributed by atoms with van der Waals surface area (Å²) < 4.78 is 10.6. The lowest BCUT2D eigenvalue weighted by Gasteiger charge is -2.13. The van der Waals surface area contributed by atoms with Crippen LogP contribution < -0.4 is 0 Å². The molecular weight excluding hydrogens is 292 g/mol. The molecule has 0 atom stereocenters. The summed E-state index contributed by atoms with van der Waals surface area (Å²) in [5.74, 6) is -0.00867. The Bertz CT molecular complexity index is 532. The summed E-state index contributed by atoms with van der Waals surface area (Å²) in [6.07, 6.45) is 1.59. The van der Waals surface area contributed by atoms with Gasteiger partial charge in [-0.25, -0.2) is 9.59 Å². The van der Waals surface area contributed by atoms with Gasteiger partial charge in [-0.05, 0) is 43.2 Å². The SMILES string of the molecule is Cc1cccc(C(=O)OCCC(C)C)c1C(=O)OCCC(C)C. The molecule has 0 fully saturated rings. The third-order valence-electron chi connectivity index (χ3n) is 3.55. The zero-order valence-electron chi connectivity index (χ0n) is 14.8. The van der Waals surface area contributed by atoms with Crippen LogP contribution in [-0.4, -0.2) is 25.2 Å². The molecule has 0 saturated carbocycles. The predicted molar refractivity (Wildman–Crippen MR) is 90.7 cm³/mol. The average molecular weight is 320 g/mol. The second-order valence-corrected chi connectivity index (χ2v) is 6.63. The number of hydrogen-bond donors (Lipinski definition) is 0. The van der Waals surface area contributed by atoms with E-state index >= 15 is 0 Å². The lowest BCUT2D eigenvalue weighted by molar-refractivity contribution is 0.0439. The molecule has 0 aliphatic rings. The van der Waals surface area contributed by atoms with Crippen LogP contribution in [0.5, 0.6) is 0 Å². The summed E-state index contributed by atoms with van der Waals surface area (Å²) in [7, 11) is 0. The first kappa shape index (κ1) is 19.2. The molecule has 4 nitrogen and oxygen atoms in total. The van der Waals surface area contributed by atoms with Gasteiger partial charge in [-0.3, -0.25) is 0 Å². The van der Waals surface area contributed by atoms with Crippen molar-refractivity contribution in [2.45, 2.75) is 47.5 Å². The first-order chi connectivity index (χ1) is 10.8. The number of esters is 2. The molecule has 1 rings (SSSR count). The zero-order chi connectivity index (χ0) is 17.4. The topological polar surface area (TPSA) is 52.6 Å². The number of benzene rings is 1. The Hall–Kier alpha value is -1.84. The monoisotopic (exact) mass is 320 g/mol. The van der Waals surface area contributed by atoms with Gasteiger partial charge in [0.25, 0.3) is 0 Å². The molecule has 0 bridgehead atoms. The maximum Gasteiger partial charge on any atom is 0.339 e. The number of aryl methyl sites for hydroxylation is 1. The van der Waals surface area contributed by atoms with E-state index in [0.717, 1.165) is 18.4 Å². The Morgan fingerprint density at radius 3 is 1.96 bits per heavy atom. The summed E-state index contributed by atoms with van der Waals surface area (Å²) in [6.45, 7) is 10.8. The van der Waals surface area contributed by atoms with E-state index in [1.807, 2.05) is 0 Å². The summed E-state index contributed by atoms with van der Waals surface area (Å²) >= 11 is 0. The fourth-order valence-electron chi connectivity index (χ4n) is 2.03. The number of carbonyl (C=O) groups is 2. The quantitative estimate of drug-likeness (QED) is 0.666. The van der Waals surface area contributed by atoms with E-state index in [0.29, 0.717) is 30.6 Å². The highest BCUT2D eigenvalue weighted by molar-refractivity contribution is 6.04. The van der Waals surface area contributed by atoms with Gasteiger partial charge in [-0.2, -0.15) is 0 Å². The van der Waals surface area contributed by atoms with Crippen molar-refractivity contribution in [2.75, 3.05) is 13.2 Å². The Balaban J connectivity index is 2.82. The molecule has 0 heterocycles. The second-order valence-electron chi connectivity index (χ2n) is 6.63. The minimum atomic E-state index is -0.467. The maximum atomic E-state index is 12.3. The first-order valence-corrected chi connectivity index (χ1v) is 8.26. The molecule has 4 heteroatoms. The fraction of sp³-hybridized carbons (Fsp3) is 0.579. The molecule has 0 N–H and O–H groups in total. The number of hydrogen-bond acceptors (Lipinski definition) is 4. The molecule has 0 unspecified atom stereocenters. The van der Waals surface area contributed by atoms with Gasteiger partial charge in [0.15, 0.2) is 0 Å². The highest BCUT2D eigenvalue weighted by Crippen LogP contribution is 2.18. The minimum absolute atomic E-state index is 0.281. The zero-order valence-corrected chi connectivity index (χ0v) is 14.8. The number of rotatable bonds is 8. The van der Waals surface area contributed by atoms with Crippen LogP contribution in [0.25, 0.3) is 0 Å². The molecule has 1 aromatic carbocycles. The van der Waals surface area contributed by atoms with Gasteiger partial charge in [0.2, 0.25) is 0 Å². The van der Waals surface area contributed by atoms with Crippen molar-refractivity contribution in [2.24, 2.45) is 11.8 Å². The Morgan fingerprint density at radius 2 is 1.43 bits per heavy atom. The number of carbonyl (C=O) groups excluding carboxylic acids is 2. The second kappa shape index (κ2) is 9.33. The molecule has 1 aromatic rings. The van der Waals surface area contributed by atoms with Crippen molar-refractivity contribution in [1.29, 1.82) is 0 Å². The lowest BCUT2D eigenvalue weighted by Crippen LogP contribution is -2.17.